The van der Waals surface area contributed by atoms with Crippen LogP contribution >= 0.6 is 0 Å². The molecule has 0 aliphatic rings. The van der Waals surface area contributed by atoms with Crippen LogP contribution in [0, 0.1) is 19.8 Å². The SMILES string of the molecule is [CH2]C/C=C/CCCCCC(C)CCCCCC[CH2]. The minimum absolute atomic E-state index is 0.931. The summed E-state index contributed by atoms with van der Waals surface area (Å²) >= 11 is 0. The minimum atomic E-state index is 0.931. The number of hydrogen-bond acceptors (Lipinski definition) is 0. The van der Waals surface area contributed by atoms with E-state index in [0.717, 1.165) is 18.8 Å². The fourth-order valence-electron chi connectivity index (χ4n) is 2.33. The number of unbranched alkanes of at least 4 members (excludes halogenated alkanes) is 7. The predicted octanol–water partition coefficient (Wildman–Crippen LogP) is 6.53. The predicted molar refractivity (Wildman–Crippen MR) is 84.4 cm³/mol. The normalized spacial score (nSPS) is 13.3. The van der Waals surface area contributed by atoms with Gasteiger partial charge in [-0.05, 0) is 32.1 Å². The Bertz CT molecular complexity index is 169. The van der Waals surface area contributed by atoms with E-state index < -0.39 is 0 Å². The quantitative estimate of drug-likeness (QED) is 0.257. The molecule has 0 fully saturated rings. The molecule has 0 heteroatoms. The fourth-order valence-corrected chi connectivity index (χ4v) is 2.33. The van der Waals surface area contributed by atoms with Crippen molar-refractivity contribution in [3.05, 3.63) is 26.0 Å². The van der Waals surface area contributed by atoms with Crippen LogP contribution in [0.15, 0.2) is 12.2 Å². The topological polar surface area (TPSA) is 0 Å². The van der Waals surface area contributed by atoms with Crippen molar-refractivity contribution in [1.82, 2.24) is 0 Å². The molecule has 0 spiro atoms. The van der Waals surface area contributed by atoms with E-state index in [1.54, 1.807) is 0 Å². The molecule has 106 valence electrons. The Labute approximate surface area is 116 Å². The van der Waals surface area contributed by atoms with E-state index in [9.17, 15) is 0 Å². The van der Waals surface area contributed by atoms with Crippen LogP contribution in [0.3, 0.4) is 0 Å². The molecule has 0 aliphatic carbocycles. The van der Waals surface area contributed by atoms with Crippen LogP contribution < -0.4 is 0 Å². The van der Waals surface area contributed by atoms with Gasteiger partial charge in [-0.2, -0.15) is 0 Å². The summed E-state index contributed by atoms with van der Waals surface area (Å²) < 4.78 is 0. The molecule has 0 N–H and O–H groups in total. The van der Waals surface area contributed by atoms with Gasteiger partial charge in [0.05, 0.1) is 0 Å². The molecular formula is C18H34. The Hall–Kier alpha value is -0.260. The average molecular weight is 250 g/mol. The smallest absolute Gasteiger partial charge is 0.0351 e. The maximum atomic E-state index is 3.89. The van der Waals surface area contributed by atoms with Gasteiger partial charge in [0.2, 0.25) is 0 Å². The first-order valence-electron chi connectivity index (χ1n) is 8.04. The first-order chi connectivity index (χ1) is 8.81. The van der Waals surface area contributed by atoms with Crippen molar-refractivity contribution >= 4 is 0 Å². The van der Waals surface area contributed by atoms with Crippen LogP contribution in [0.5, 0.6) is 0 Å². The molecule has 0 aromatic heterocycles. The zero-order valence-electron chi connectivity index (χ0n) is 12.6. The summed E-state index contributed by atoms with van der Waals surface area (Å²) in [5, 5.41) is 0. The van der Waals surface area contributed by atoms with Gasteiger partial charge >= 0.3 is 0 Å². The lowest BCUT2D eigenvalue weighted by Gasteiger charge is -2.10. The molecule has 0 aromatic rings. The first-order valence-corrected chi connectivity index (χ1v) is 8.04. The molecule has 0 saturated carbocycles. The maximum absolute atomic E-state index is 3.89. The molecule has 2 radical (unpaired) electrons. The Kier molecular flexibility index (Phi) is 14.6. The van der Waals surface area contributed by atoms with Crippen LogP contribution in [0.4, 0.5) is 0 Å². The van der Waals surface area contributed by atoms with Crippen LogP contribution in [0.1, 0.15) is 84.0 Å². The molecule has 0 amide bonds. The molecular weight excluding hydrogens is 216 g/mol. The number of rotatable bonds is 13. The summed E-state index contributed by atoms with van der Waals surface area (Å²) in [4.78, 5) is 0. The van der Waals surface area contributed by atoms with Gasteiger partial charge in [-0.15, -0.1) is 0 Å². The van der Waals surface area contributed by atoms with Crippen LogP contribution in [-0.4, -0.2) is 0 Å². The summed E-state index contributed by atoms with van der Waals surface area (Å²) in [6, 6.07) is 0. The third kappa shape index (κ3) is 13.8. The molecule has 0 aromatic carbocycles. The molecule has 0 heterocycles. The number of hydrogen-bond donors (Lipinski definition) is 0. The Morgan fingerprint density at radius 1 is 0.778 bits per heavy atom. The number of allylic oxidation sites excluding steroid dienone is 2. The fraction of sp³-hybridized carbons (Fsp3) is 0.778. The molecule has 1 unspecified atom stereocenters. The van der Waals surface area contributed by atoms with Gasteiger partial charge in [0.25, 0.3) is 0 Å². The molecule has 0 aliphatic heterocycles. The lowest BCUT2D eigenvalue weighted by Crippen LogP contribution is -1.95. The van der Waals surface area contributed by atoms with Crippen LogP contribution in [0.2, 0.25) is 0 Å². The van der Waals surface area contributed by atoms with E-state index in [0.29, 0.717) is 0 Å². The van der Waals surface area contributed by atoms with Crippen molar-refractivity contribution in [2.45, 2.75) is 84.0 Å². The van der Waals surface area contributed by atoms with Crippen molar-refractivity contribution in [1.29, 1.82) is 0 Å². The zero-order chi connectivity index (χ0) is 13.5. The third-order valence-corrected chi connectivity index (χ3v) is 3.60. The van der Waals surface area contributed by atoms with Gasteiger partial charge < -0.3 is 0 Å². The van der Waals surface area contributed by atoms with Crippen LogP contribution in [0.25, 0.3) is 0 Å². The Morgan fingerprint density at radius 3 is 2.00 bits per heavy atom. The van der Waals surface area contributed by atoms with Crippen molar-refractivity contribution in [2.75, 3.05) is 0 Å². The van der Waals surface area contributed by atoms with Crippen molar-refractivity contribution < 1.29 is 0 Å². The third-order valence-electron chi connectivity index (χ3n) is 3.60. The molecule has 0 rings (SSSR count). The molecule has 18 heavy (non-hydrogen) atoms. The highest BCUT2D eigenvalue weighted by molar-refractivity contribution is 4.81. The molecule has 0 bridgehead atoms. The maximum Gasteiger partial charge on any atom is -0.0351 e. The largest absolute Gasteiger partial charge is 0.0885 e. The highest BCUT2D eigenvalue weighted by atomic mass is 14.1. The van der Waals surface area contributed by atoms with E-state index in [-0.39, 0.29) is 0 Å². The second-order valence-electron chi connectivity index (χ2n) is 5.56. The van der Waals surface area contributed by atoms with Gasteiger partial charge in [-0.3, -0.25) is 0 Å². The van der Waals surface area contributed by atoms with E-state index in [1.807, 2.05) is 0 Å². The molecule has 1 atom stereocenters. The van der Waals surface area contributed by atoms with Gasteiger partial charge in [-0.25, -0.2) is 0 Å². The van der Waals surface area contributed by atoms with E-state index >= 15 is 0 Å². The second-order valence-corrected chi connectivity index (χ2v) is 5.56. The lowest BCUT2D eigenvalue weighted by molar-refractivity contribution is 0.436. The van der Waals surface area contributed by atoms with Crippen LogP contribution in [-0.2, 0) is 0 Å². The van der Waals surface area contributed by atoms with E-state index in [4.69, 9.17) is 0 Å². The summed E-state index contributed by atoms with van der Waals surface area (Å²) in [5.41, 5.74) is 0. The Morgan fingerprint density at radius 2 is 1.39 bits per heavy atom. The standard InChI is InChI=1S/C18H34/c1-4-6-8-10-11-13-15-17-18(3)16-14-12-9-7-5-2/h6,8,18H,1-2,4-5,7,9-17H2,3H3/b8-6+. The van der Waals surface area contributed by atoms with E-state index in [1.165, 1.54) is 64.2 Å². The first kappa shape index (κ1) is 17.7. The Balaban J connectivity index is 3.16. The zero-order valence-corrected chi connectivity index (χ0v) is 12.6. The van der Waals surface area contributed by atoms with Gasteiger partial charge in [0.1, 0.15) is 0 Å². The lowest BCUT2D eigenvalue weighted by atomic mass is 9.96. The van der Waals surface area contributed by atoms with Gasteiger partial charge in [0.15, 0.2) is 0 Å². The highest BCUT2D eigenvalue weighted by Crippen LogP contribution is 2.17. The second kappa shape index (κ2) is 14.8. The average Bonchev–Trinajstić information content (AvgIpc) is 2.37. The monoisotopic (exact) mass is 250 g/mol. The molecule has 0 nitrogen and oxygen atoms in total. The van der Waals surface area contributed by atoms with Gasteiger partial charge in [0, 0.05) is 0 Å². The molecule has 0 saturated heterocycles. The van der Waals surface area contributed by atoms with E-state index in [2.05, 4.69) is 32.9 Å². The summed E-state index contributed by atoms with van der Waals surface area (Å²) in [6.07, 6.45) is 20.3. The van der Waals surface area contributed by atoms with Crippen molar-refractivity contribution in [3.8, 4) is 0 Å². The minimum Gasteiger partial charge on any atom is -0.0885 e. The highest BCUT2D eigenvalue weighted by Gasteiger charge is 2.01. The van der Waals surface area contributed by atoms with Gasteiger partial charge in [-0.1, -0.05) is 83.8 Å². The summed E-state index contributed by atoms with van der Waals surface area (Å²) in [7, 11) is 0. The van der Waals surface area contributed by atoms with Crippen molar-refractivity contribution in [2.24, 2.45) is 5.92 Å². The summed E-state index contributed by atoms with van der Waals surface area (Å²) in [6.45, 7) is 10.1. The summed E-state index contributed by atoms with van der Waals surface area (Å²) in [5.74, 6) is 0.931. The van der Waals surface area contributed by atoms with Crippen molar-refractivity contribution in [3.63, 3.8) is 0 Å².